The predicted octanol–water partition coefficient (Wildman–Crippen LogP) is 4.70. The van der Waals surface area contributed by atoms with Gasteiger partial charge in [-0.1, -0.05) is 29.3 Å². The van der Waals surface area contributed by atoms with Crippen molar-refractivity contribution in [1.29, 1.82) is 0 Å². The maximum Gasteiger partial charge on any atom is 0.328 e. The van der Waals surface area contributed by atoms with Crippen LogP contribution >= 0.6 is 23.2 Å². The van der Waals surface area contributed by atoms with Gasteiger partial charge in [-0.15, -0.1) is 0 Å². The van der Waals surface area contributed by atoms with E-state index in [4.69, 9.17) is 42.5 Å². The summed E-state index contributed by atoms with van der Waals surface area (Å²) in [4.78, 5) is 10.8. The van der Waals surface area contributed by atoms with E-state index >= 15 is 0 Å². The Morgan fingerprint density at radius 1 is 1.12 bits per heavy atom. The van der Waals surface area contributed by atoms with Gasteiger partial charge < -0.3 is 19.3 Å². The molecule has 0 heterocycles. The lowest BCUT2D eigenvalue weighted by molar-refractivity contribution is -0.131. The molecule has 0 fully saturated rings. The Kier molecular flexibility index (Phi) is 7.78. The molecule has 0 aromatic heterocycles. The number of aliphatic carboxylic acids is 1. The van der Waals surface area contributed by atoms with Gasteiger partial charge in [-0.3, -0.25) is 0 Å². The molecule has 1 N–H and O–H groups in total. The van der Waals surface area contributed by atoms with Crippen molar-refractivity contribution in [3.05, 3.63) is 63.6 Å². The van der Waals surface area contributed by atoms with Gasteiger partial charge in [0.2, 0.25) is 0 Å². The van der Waals surface area contributed by atoms with E-state index in [9.17, 15) is 4.79 Å². The first-order valence-electron chi connectivity index (χ1n) is 7.73. The standard InChI is InChI=1S/C19H18Cl2O5/c1-24-8-9-25-16-6-3-13(4-7-19(22)23)18(11-16)26-12-14-2-5-15(20)10-17(14)21/h2-7,10-11H,8-9,12H2,1H3,(H,22,23)/b7-4+. The van der Waals surface area contributed by atoms with Crippen molar-refractivity contribution in [1.82, 2.24) is 0 Å². The highest BCUT2D eigenvalue weighted by molar-refractivity contribution is 6.35. The molecule has 0 atom stereocenters. The van der Waals surface area contributed by atoms with Crippen molar-refractivity contribution >= 4 is 35.2 Å². The molecule has 0 saturated heterocycles. The van der Waals surface area contributed by atoms with Crippen LogP contribution in [0.15, 0.2) is 42.5 Å². The van der Waals surface area contributed by atoms with E-state index < -0.39 is 5.97 Å². The van der Waals surface area contributed by atoms with Gasteiger partial charge in [0, 0.05) is 40.4 Å². The van der Waals surface area contributed by atoms with E-state index in [0.29, 0.717) is 40.3 Å². The second-order valence-electron chi connectivity index (χ2n) is 5.24. The van der Waals surface area contributed by atoms with Gasteiger partial charge >= 0.3 is 5.97 Å². The van der Waals surface area contributed by atoms with Crippen LogP contribution in [0.25, 0.3) is 6.08 Å². The van der Waals surface area contributed by atoms with E-state index in [-0.39, 0.29) is 6.61 Å². The van der Waals surface area contributed by atoms with Crippen molar-refractivity contribution in [3.8, 4) is 11.5 Å². The molecule has 5 nitrogen and oxygen atoms in total. The Hall–Kier alpha value is -2.21. The predicted molar refractivity (Wildman–Crippen MR) is 101 cm³/mol. The van der Waals surface area contributed by atoms with Crippen LogP contribution in [0.1, 0.15) is 11.1 Å². The van der Waals surface area contributed by atoms with Crippen LogP contribution < -0.4 is 9.47 Å². The third kappa shape index (κ3) is 6.26. The van der Waals surface area contributed by atoms with Crippen molar-refractivity contribution < 1.29 is 24.1 Å². The highest BCUT2D eigenvalue weighted by atomic mass is 35.5. The van der Waals surface area contributed by atoms with Crippen LogP contribution in [0.5, 0.6) is 11.5 Å². The molecule has 0 saturated carbocycles. The Balaban J connectivity index is 2.20. The van der Waals surface area contributed by atoms with Gasteiger partial charge in [0.1, 0.15) is 24.7 Å². The highest BCUT2D eigenvalue weighted by Crippen LogP contribution is 2.28. The maximum atomic E-state index is 10.8. The van der Waals surface area contributed by atoms with Crippen molar-refractivity contribution in [2.75, 3.05) is 20.3 Å². The number of benzene rings is 2. The SMILES string of the molecule is COCCOc1ccc(/C=C/C(=O)O)c(OCc2ccc(Cl)cc2Cl)c1. The monoisotopic (exact) mass is 396 g/mol. The van der Waals surface area contributed by atoms with Gasteiger partial charge in [0.15, 0.2) is 0 Å². The second-order valence-corrected chi connectivity index (χ2v) is 6.08. The highest BCUT2D eigenvalue weighted by Gasteiger charge is 2.08. The first kappa shape index (κ1) is 20.1. The van der Waals surface area contributed by atoms with Crippen molar-refractivity contribution in [3.63, 3.8) is 0 Å². The van der Waals surface area contributed by atoms with Crippen LogP contribution in [0.3, 0.4) is 0 Å². The van der Waals surface area contributed by atoms with E-state index in [2.05, 4.69) is 0 Å². The Morgan fingerprint density at radius 2 is 1.92 bits per heavy atom. The van der Waals surface area contributed by atoms with Gasteiger partial charge in [-0.25, -0.2) is 4.79 Å². The number of hydrogen-bond donors (Lipinski definition) is 1. The summed E-state index contributed by atoms with van der Waals surface area (Å²) in [6.45, 7) is 1.05. The van der Waals surface area contributed by atoms with E-state index in [1.807, 2.05) is 0 Å². The molecule has 0 aliphatic carbocycles. The van der Waals surface area contributed by atoms with Gasteiger partial charge in [0.05, 0.1) is 6.61 Å². The molecule has 138 valence electrons. The zero-order valence-electron chi connectivity index (χ0n) is 14.1. The fourth-order valence-electron chi connectivity index (χ4n) is 2.07. The fourth-order valence-corrected chi connectivity index (χ4v) is 2.53. The second kappa shape index (κ2) is 10.1. The molecule has 7 heteroatoms. The van der Waals surface area contributed by atoms with Crippen LogP contribution in [-0.4, -0.2) is 31.4 Å². The summed E-state index contributed by atoms with van der Waals surface area (Å²) in [7, 11) is 1.59. The fraction of sp³-hybridized carbons (Fsp3) is 0.211. The lowest BCUT2D eigenvalue weighted by atomic mass is 10.1. The molecule has 0 amide bonds. The summed E-state index contributed by atoms with van der Waals surface area (Å²) >= 11 is 12.1. The number of methoxy groups -OCH3 is 1. The van der Waals surface area contributed by atoms with Gasteiger partial charge in [-0.05, 0) is 30.3 Å². The average Bonchev–Trinajstić information content (AvgIpc) is 2.60. The molecule has 2 rings (SSSR count). The smallest absolute Gasteiger partial charge is 0.328 e. The van der Waals surface area contributed by atoms with Gasteiger partial charge in [0.25, 0.3) is 0 Å². The third-order valence-corrected chi connectivity index (χ3v) is 3.93. The molecule has 0 unspecified atom stereocenters. The van der Waals surface area contributed by atoms with Crippen LogP contribution in [-0.2, 0) is 16.1 Å². The number of carbonyl (C=O) groups is 1. The Bertz CT molecular complexity index is 789. The third-order valence-electron chi connectivity index (χ3n) is 3.34. The molecular formula is C19H18Cl2O5. The van der Waals surface area contributed by atoms with E-state index in [1.54, 1.807) is 43.5 Å². The van der Waals surface area contributed by atoms with Crippen LogP contribution in [0.2, 0.25) is 10.0 Å². The number of rotatable bonds is 9. The Morgan fingerprint density at radius 3 is 2.62 bits per heavy atom. The summed E-state index contributed by atoms with van der Waals surface area (Å²) in [6.07, 6.45) is 2.50. The van der Waals surface area contributed by atoms with Gasteiger partial charge in [-0.2, -0.15) is 0 Å². The van der Waals surface area contributed by atoms with Crippen molar-refractivity contribution in [2.24, 2.45) is 0 Å². The summed E-state index contributed by atoms with van der Waals surface area (Å²) in [5.74, 6) is 0.0206. The first-order chi connectivity index (χ1) is 12.5. The summed E-state index contributed by atoms with van der Waals surface area (Å²) in [5, 5.41) is 9.87. The summed E-state index contributed by atoms with van der Waals surface area (Å²) < 4.78 is 16.4. The molecule has 2 aromatic carbocycles. The quantitative estimate of drug-likeness (QED) is 0.491. The van der Waals surface area contributed by atoms with E-state index in [0.717, 1.165) is 11.6 Å². The molecule has 0 radical (unpaired) electrons. The summed E-state index contributed by atoms with van der Waals surface area (Å²) in [5.41, 5.74) is 1.37. The average molecular weight is 397 g/mol. The molecule has 0 aliphatic heterocycles. The number of carboxylic acid groups (broad SMARTS) is 1. The first-order valence-corrected chi connectivity index (χ1v) is 8.48. The van der Waals surface area contributed by atoms with Crippen LogP contribution in [0.4, 0.5) is 0 Å². The van der Waals surface area contributed by atoms with Crippen LogP contribution in [0, 0.1) is 0 Å². The zero-order valence-corrected chi connectivity index (χ0v) is 15.6. The molecule has 0 spiro atoms. The minimum atomic E-state index is -1.04. The minimum absolute atomic E-state index is 0.200. The lowest BCUT2D eigenvalue weighted by Crippen LogP contribution is -2.05. The number of halogens is 2. The molecular weight excluding hydrogens is 379 g/mol. The zero-order chi connectivity index (χ0) is 18.9. The van der Waals surface area contributed by atoms with E-state index in [1.165, 1.54) is 6.08 Å². The normalized spacial score (nSPS) is 10.9. The summed E-state index contributed by atoms with van der Waals surface area (Å²) in [6, 6.07) is 10.3. The molecule has 0 bridgehead atoms. The van der Waals surface area contributed by atoms with Crippen molar-refractivity contribution in [2.45, 2.75) is 6.61 Å². The number of carboxylic acids is 1. The maximum absolute atomic E-state index is 10.8. The Labute approximate surface area is 161 Å². The molecule has 0 aliphatic rings. The molecule has 26 heavy (non-hydrogen) atoms. The lowest BCUT2D eigenvalue weighted by Gasteiger charge is -2.13. The molecule has 2 aromatic rings. The largest absolute Gasteiger partial charge is 0.491 e. The topological polar surface area (TPSA) is 65.0 Å². The minimum Gasteiger partial charge on any atom is -0.491 e. The number of hydrogen-bond acceptors (Lipinski definition) is 4. The number of ether oxygens (including phenoxy) is 3.